The van der Waals surface area contributed by atoms with Crippen LogP contribution in [0.1, 0.15) is 16.7 Å². The summed E-state index contributed by atoms with van der Waals surface area (Å²) >= 11 is 0. The van der Waals surface area contributed by atoms with Crippen molar-refractivity contribution in [3.63, 3.8) is 0 Å². The van der Waals surface area contributed by atoms with Gasteiger partial charge in [-0.05, 0) is 44.0 Å². The van der Waals surface area contributed by atoms with Crippen LogP contribution >= 0.6 is 0 Å². The van der Waals surface area contributed by atoms with Crippen molar-refractivity contribution >= 4 is 20.9 Å². The first-order chi connectivity index (χ1) is 13.0. The monoisotopic (exact) mass is 411 g/mol. The van der Waals surface area contributed by atoms with E-state index >= 15 is 0 Å². The third-order valence-corrected chi connectivity index (χ3v) is 6.30. The summed E-state index contributed by atoms with van der Waals surface area (Å²) in [4.78, 5) is 3.81. The summed E-state index contributed by atoms with van der Waals surface area (Å²) in [5, 5.41) is 0.726. The van der Waals surface area contributed by atoms with Gasteiger partial charge in [0.25, 0.3) is 0 Å². The summed E-state index contributed by atoms with van der Waals surface area (Å²) < 4.78 is 69.8. The molecule has 3 aromatic rings. The van der Waals surface area contributed by atoms with Crippen LogP contribution in [-0.2, 0) is 16.6 Å². The first kappa shape index (κ1) is 20.3. The SMILES string of the molecule is Cc1cc(C)c(S(=O)(=O)NC(Cn2ccc3ccncc32)C(F)(F)F)c(C)c1. The molecule has 1 aromatic carbocycles. The summed E-state index contributed by atoms with van der Waals surface area (Å²) in [7, 11) is -4.38. The van der Waals surface area contributed by atoms with E-state index in [2.05, 4.69) is 4.98 Å². The molecular formula is C19H20F3N3O2S. The van der Waals surface area contributed by atoms with Crippen LogP contribution in [0.15, 0.2) is 47.8 Å². The summed E-state index contributed by atoms with van der Waals surface area (Å²) in [5.74, 6) is 0. The van der Waals surface area contributed by atoms with Crippen molar-refractivity contribution in [1.29, 1.82) is 0 Å². The van der Waals surface area contributed by atoms with Gasteiger partial charge in [0, 0.05) is 24.3 Å². The first-order valence-electron chi connectivity index (χ1n) is 8.55. The standard InChI is InChI=1S/C19H20F3N3O2S/c1-12-8-13(2)18(14(3)9-12)28(26,27)24-17(19(20,21)22)11-25-7-5-15-4-6-23-10-16(15)25/h4-10,17,24H,11H2,1-3H3. The first-order valence-corrected chi connectivity index (χ1v) is 10.0. The average Bonchev–Trinajstić information content (AvgIpc) is 2.95. The third-order valence-electron chi connectivity index (χ3n) is 4.52. The number of fused-ring (bicyclic) bond motifs is 1. The van der Waals surface area contributed by atoms with Crippen LogP contribution in [0.3, 0.4) is 0 Å². The van der Waals surface area contributed by atoms with E-state index < -0.39 is 28.8 Å². The number of aryl methyl sites for hydroxylation is 3. The van der Waals surface area contributed by atoms with Gasteiger partial charge in [0.15, 0.2) is 0 Å². The third kappa shape index (κ3) is 4.05. The van der Waals surface area contributed by atoms with Gasteiger partial charge in [-0.1, -0.05) is 17.7 Å². The number of sulfonamides is 1. The minimum Gasteiger partial charge on any atom is -0.344 e. The van der Waals surface area contributed by atoms with Crippen molar-refractivity contribution in [2.45, 2.75) is 44.4 Å². The lowest BCUT2D eigenvalue weighted by molar-refractivity contribution is -0.154. The summed E-state index contributed by atoms with van der Waals surface area (Å²) in [6, 6.07) is 4.32. The fourth-order valence-electron chi connectivity index (χ4n) is 3.43. The van der Waals surface area contributed by atoms with Crippen LogP contribution in [0.2, 0.25) is 0 Å². The number of pyridine rings is 1. The van der Waals surface area contributed by atoms with Gasteiger partial charge in [0.05, 0.1) is 16.6 Å². The summed E-state index contributed by atoms with van der Waals surface area (Å²) in [6.45, 7) is 4.35. The number of nitrogens with one attached hydrogen (secondary N) is 1. The van der Waals surface area contributed by atoms with Crippen molar-refractivity contribution in [2.24, 2.45) is 0 Å². The average molecular weight is 411 g/mol. The topological polar surface area (TPSA) is 64.0 Å². The summed E-state index contributed by atoms with van der Waals surface area (Å²) in [6.07, 6.45) is -0.286. The Hall–Kier alpha value is -2.39. The Kier molecular flexibility index (Phi) is 5.24. The summed E-state index contributed by atoms with van der Waals surface area (Å²) in [5.41, 5.74) is 2.15. The number of benzene rings is 1. The number of aromatic nitrogens is 2. The zero-order valence-corrected chi connectivity index (χ0v) is 16.4. The molecule has 1 unspecified atom stereocenters. The molecule has 0 amide bonds. The lowest BCUT2D eigenvalue weighted by Gasteiger charge is -2.23. The smallest absolute Gasteiger partial charge is 0.344 e. The Morgan fingerprint density at radius 1 is 1.14 bits per heavy atom. The van der Waals surface area contributed by atoms with Crippen LogP contribution in [0.25, 0.3) is 10.9 Å². The molecule has 28 heavy (non-hydrogen) atoms. The molecule has 0 aliphatic carbocycles. The number of hydrogen-bond donors (Lipinski definition) is 1. The second-order valence-corrected chi connectivity index (χ2v) is 8.50. The molecular weight excluding hydrogens is 391 g/mol. The second kappa shape index (κ2) is 7.21. The molecule has 3 rings (SSSR count). The molecule has 2 heterocycles. The predicted octanol–water partition coefficient (Wildman–Crippen LogP) is 3.87. The molecule has 0 saturated carbocycles. The molecule has 0 aliphatic rings. The van der Waals surface area contributed by atoms with Gasteiger partial charge in [-0.25, -0.2) is 8.42 Å². The Morgan fingerprint density at radius 3 is 2.39 bits per heavy atom. The van der Waals surface area contributed by atoms with Crippen molar-refractivity contribution in [1.82, 2.24) is 14.3 Å². The zero-order valence-electron chi connectivity index (χ0n) is 15.6. The molecule has 5 nitrogen and oxygen atoms in total. The van der Waals surface area contributed by atoms with Crippen LogP contribution in [-0.4, -0.2) is 30.2 Å². The van der Waals surface area contributed by atoms with E-state index in [1.54, 1.807) is 51.2 Å². The predicted molar refractivity (Wildman–Crippen MR) is 101 cm³/mol. The van der Waals surface area contributed by atoms with Gasteiger partial charge < -0.3 is 4.57 Å². The van der Waals surface area contributed by atoms with Crippen LogP contribution in [0.5, 0.6) is 0 Å². The fraction of sp³-hybridized carbons (Fsp3) is 0.316. The minimum atomic E-state index is -4.77. The van der Waals surface area contributed by atoms with E-state index in [1.165, 1.54) is 17.0 Å². The van der Waals surface area contributed by atoms with E-state index in [1.807, 2.05) is 4.72 Å². The quantitative estimate of drug-likeness (QED) is 0.693. The highest BCUT2D eigenvalue weighted by Gasteiger charge is 2.43. The highest BCUT2D eigenvalue weighted by atomic mass is 32.2. The Labute approximate surface area is 161 Å². The molecule has 1 atom stereocenters. The molecule has 9 heteroatoms. The molecule has 0 saturated heterocycles. The molecule has 0 bridgehead atoms. The number of alkyl halides is 3. The molecule has 0 spiro atoms. The van der Waals surface area contributed by atoms with Gasteiger partial charge in [-0.2, -0.15) is 17.9 Å². The molecule has 150 valence electrons. The van der Waals surface area contributed by atoms with Crippen LogP contribution in [0, 0.1) is 20.8 Å². The van der Waals surface area contributed by atoms with Crippen LogP contribution in [0.4, 0.5) is 13.2 Å². The second-order valence-electron chi connectivity index (χ2n) is 6.85. The molecule has 0 fully saturated rings. The maximum absolute atomic E-state index is 13.7. The van der Waals surface area contributed by atoms with Crippen molar-refractivity contribution < 1.29 is 21.6 Å². The van der Waals surface area contributed by atoms with Crippen molar-refractivity contribution in [3.8, 4) is 0 Å². The van der Waals surface area contributed by atoms with Gasteiger partial charge in [-0.3, -0.25) is 4.98 Å². The number of nitrogens with zero attached hydrogens (tertiary/aromatic N) is 2. The Balaban J connectivity index is 1.98. The van der Waals surface area contributed by atoms with E-state index in [0.717, 1.165) is 10.9 Å². The highest BCUT2D eigenvalue weighted by molar-refractivity contribution is 7.89. The number of rotatable bonds is 5. The fourth-order valence-corrected chi connectivity index (χ4v) is 5.09. The Bertz CT molecular complexity index is 1100. The minimum absolute atomic E-state index is 0.119. The lowest BCUT2D eigenvalue weighted by Crippen LogP contribution is -2.48. The zero-order chi connectivity index (χ0) is 20.7. The number of hydrogen-bond acceptors (Lipinski definition) is 3. The van der Waals surface area contributed by atoms with Gasteiger partial charge in [0.2, 0.25) is 10.0 Å². The lowest BCUT2D eigenvalue weighted by atomic mass is 10.1. The molecule has 2 aromatic heterocycles. The van der Waals surface area contributed by atoms with Crippen LogP contribution < -0.4 is 4.72 Å². The maximum atomic E-state index is 13.7. The molecule has 0 radical (unpaired) electrons. The van der Waals surface area contributed by atoms with Crippen molar-refractivity contribution in [2.75, 3.05) is 0 Å². The Morgan fingerprint density at radius 2 is 1.79 bits per heavy atom. The largest absolute Gasteiger partial charge is 0.406 e. The van der Waals surface area contributed by atoms with Gasteiger partial charge in [0.1, 0.15) is 6.04 Å². The molecule has 1 N–H and O–H groups in total. The van der Waals surface area contributed by atoms with E-state index in [9.17, 15) is 21.6 Å². The van der Waals surface area contributed by atoms with Crippen molar-refractivity contribution in [3.05, 3.63) is 59.5 Å². The number of halogens is 3. The van der Waals surface area contributed by atoms with Gasteiger partial charge >= 0.3 is 6.18 Å². The van der Waals surface area contributed by atoms with E-state index in [4.69, 9.17) is 0 Å². The normalized spacial score (nSPS) is 13.8. The van der Waals surface area contributed by atoms with E-state index in [-0.39, 0.29) is 4.90 Å². The van der Waals surface area contributed by atoms with E-state index in [0.29, 0.717) is 16.6 Å². The van der Waals surface area contributed by atoms with Gasteiger partial charge in [-0.15, -0.1) is 0 Å². The molecule has 0 aliphatic heterocycles. The maximum Gasteiger partial charge on any atom is 0.406 e. The highest BCUT2D eigenvalue weighted by Crippen LogP contribution is 2.27.